The lowest BCUT2D eigenvalue weighted by Crippen LogP contribution is -2.54. The van der Waals surface area contributed by atoms with Crippen LogP contribution in [0.25, 0.3) is 0 Å². The van der Waals surface area contributed by atoms with Crippen LogP contribution in [0.3, 0.4) is 0 Å². The first-order chi connectivity index (χ1) is 13.3. The molecule has 0 saturated heterocycles. The van der Waals surface area contributed by atoms with Crippen molar-refractivity contribution in [3.05, 3.63) is 59.2 Å². The number of nitrogens with zero attached hydrogens (tertiary/aromatic N) is 1. The molecule has 1 unspecified atom stereocenters. The van der Waals surface area contributed by atoms with Crippen molar-refractivity contribution in [2.75, 3.05) is 25.7 Å². The molecule has 0 aromatic heterocycles. The van der Waals surface area contributed by atoms with Gasteiger partial charge >= 0.3 is 0 Å². The summed E-state index contributed by atoms with van der Waals surface area (Å²) in [6.45, 7) is 1.15. The van der Waals surface area contributed by atoms with Crippen LogP contribution < -0.4 is 15.4 Å². The Balaban J connectivity index is 2.38. The summed E-state index contributed by atoms with van der Waals surface area (Å²) < 4.78 is 39.8. The van der Waals surface area contributed by atoms with Crippen LogP contribution in [0, 0.1) is 17.6 Å². The second-order valence-electron chi connectivity index (χ2n) is 6.53. The van der Waals surface area contributed by atoms with Crippen LogP contribution in [0.15, 0.2) is 36.4 Å². The molecule has 2 aromatic rings. The number of carbonyl (C=O) groups excluding carboxylic acids is 2. The third-order valence-corrected chi connectivity index (χ3v) is 5.12. The minimum absolute atomic E-state index is 0.0225. The normalized spacial score (nSPS) is 21.4. The van der Waals surface area contributed by atoms with Gasteiger partial charge < -0.3 is 20.1 Å². The highest BCUT2D eigenvalue weighted by Gasteiger charge is 2.53. The zero-order valence-electron chi connectivity index (χ0n) is 15.7. The summed E-state index contributed by atoms with van der Waals surface area (Å²) in [5.74, 6) is -3.41. The molecule has 2 atom stereocenters. The molecule has 2 aromatic carbocycles. The molecule has 2 amide bonds. The van der Waals surface area contributed by atoms with E-state index in [1.165, 1.54) is 50.6 Å². The maximum atomic E-state index is 15.5. The molecule has 0 bridgehead atoms. The number of hydrogen-bond donors (Lipinski definition) is 1. The van der Waals surface area contributed by atoms with E-state index >= 15 is 4.39 Å². The van der Waals surface area contributed by atoms with Crippen molar-refractivity contribution in [1.29, 1.82) is 0 Å². The summed E-state index contributed by atoms with van der Waals surface area (Å²) in [6, 6.07) is 8.13. The summed E-state index contributed by atoms with van der Waals surface area (Å²) in [7, 11) is 2.66. The van der Waals surface area contributed by atoms with Gasteiger partial charge in [0.1, 0.15) is 18.0 Å². The highest BCUT2D eigenvalue weighted by molar-refractivity contribution is 6.03. The van der Waals surface area contributed by atoms with Gasteiger partial charge in [0.05, 0.1) is 24.3 Å². The smallest absolute Gasteiger partial charge is 0.237 e. The van der Waals surface area contributed by atoms with Crippen LogP contribution in [0.5, 0.6) is 5.75 Å². The van der Waals surface area contributed by atoms with Crippen LogP contribution in [0.4, 0.5) is 14.5 Å². The predicted molar refractivity (Wildman–Crippen MR) is 97.9 cm³/mol. The lowest BCUT2D eigenvalue weighted by atomic mass is 9.72. The third-order valence-electron chi connectivity index (χ3n) is 5.12. The highest BCUT2D eigenvalue weighted by atomic mass is 19.1. The number of primary amides is 1. The SMILES string of the molecule is COc1ccc2c(c1F)[C@@](OC)(c1ccc(F)cc1)C(C)C(=O)N2CC(N)=O. The Morgan fingerprint density at radius 1 is 1.18 bits per heavy atom. The average Bonchev–Trinajstić information content (AvgIpc) is 2.67. The molecule has 0 radical (unpaired) electrons. The lowest BCUT2D eigenvalue weighted by molar-refractivity contribution is -0.134. The van der Waals surface area contributed by atoms with Gasteiger partial charge in [-0.2, -0.15) is 0 Å². The number of benzene rings is 2. The fourth-order valence-corrected chi connectivity index (χ4v) is 3.83. The van der Waals surface area contributed by atoms with Gasteiger partial charge in [-0.3, -0.25) is 9.59 Å². The van der Waals surface area contributed by atoms with Gasteiger partial charge in [0.25, 0.3) is 0 Å². The molecule has 6 nitrogen and oxygen atoms in total. The van der Waals surface area contributed by atoms with Gasteiger partial charge in [0, 0.05) is 7.11 Å². The summed E-state index contributed by atoms with van der Waals surface area (Å²) in [5.41, 5.74) is 4.30. The summed E-state index contributed by atoms with van der Waals surface area (Å²) >= 11 is 0. The maximum absolute atomic E-state index is 15.5. The number of hydrogen-bond acceptors (Lipinski definition) is 4. The van der Waals surface area contributed by atoms with Gasteiger partial charge in [-0.05, 0) is 29.8 Å². The molecule has 0 aliphatic carbocycles. The number of ether oxygens (including phenoxy) is 2. The highest BCUT2D eigenvalue weighted by Crippen LogP contribution is 2.51. The van der Waals surface area contributed by atoms with E-state index in [2.05, 4.69) is 0 Å². The van der Waals surface area contributed by atoms with Gasteiger partial charge in [-0.1, -0.05) is 19.1 Å². The number of methoxy groups -OCH3 is 2. The topological polar surface area (TPSA) is 81.9 Å². The van der Waals surface area contributed by atoms with Gasteiger partial charge in [0.2, 0.25) is 11.8 Å². The van der Waals surface area contributed by atoms with Crippen LogP contribution in [0.1, 0.15) is 18.1 Å². The van der Waals surface area contributed by atoms with E-state index in [0.29, 0.717) is 5.56 Å². The quantitative estimate of drug-likeness (QED) is 0.850. The minimum Gasteiger partial charge on any atom is -0.494 e. The molecule has 0 spiro atoms. The Morgan fingerprint density at radius 2 is 1.82 bits per heavy atom. The zero-order valence-corrected chi connectivity index (χ0v) is 15.7. The molecule has 1 heterocycles. The molecule has 0 fully saturated rings. The van der Waals surface area contributed by atoms with Crippen molar-refractivity contribution in [2.24, 2.45) is 11.7 Å². The van der Waals surface area contributed by atoms with Crippen LogP contribution in [-0.4, -0.2) is 32.6 Å². The van der Waals surface area contributed by atoms with Crippen LogP contribution >= 0.6 is 0 Å². The zero-order chi connectivity index (χ0) is 20.6. The number of fused-ring (bicyclic) bond motifs is 1. The number of carbonyl (C=O) groups is 2. The Morgan fingerprint density at radius 3 is 2.36 bits per heavy atom. The first kappa shape index (κ1) is 19.8. The first-order valence-corrected chi connectivity index (χ1v) is 8.55. The predicted octanol–water partition coefficient (Wildman–Crippen LogP) is 2.33. The van der Waals surface area contributed by atoms with E-state index in [1.54, 1.807) is 6.92 Å². The Hall–Kier alpha value is -3.00. The molecule has 1 aliphatic rings. The van der Waals surface area contributed by atoms with E-state index in [4.69, 9.17) is 15.2 Å². The molecular formula is C20H20F2N2O4. The average molecular weight is 390 g/mol. The number of halogens is 2. The van der Waals surface area contributed by atoms with Crippen LogP contribution in [-0.2, 0) is 19.9 Å². The van der Waals surface area contributed by atoms with Gasteiger partial charge in [-0.15, -0.1) is 0 Å². The monoisotopic (exact) mass is 390 g/mol. The van der Waals surface area contributed by atoms with Crippen LogP contribution in [0.2, 0.25) is 0 Å². The molecule has 3 rings (SSSR count). The second kappa shape index (κ2) is 7.20. The third kappa shape index (κ3) is 2.80. The summed E-state index contributed by atoms with van der Waals surface area (Å²) in [6.07, 6.45) is 0. The fraction of sp³-hybridized carbons (Fsp3) is 0.300. The molecule has 2 N–H and O–H groups in total. The number of rotatable bonds is 5. The Bertz CT molecular complexity index is 933. The molecule has 1 aliphatic heterocycles. The summed E-state index contributed by atoms with van der Waals surface area (Å²) in [5, 5.41) is 0. The van der Waals surface area contributed by atoms with E-state index in [9.17, 15) is 14.0 Å². The van der Waals surface area contributed by atoms with Gasteiger partial charge in [-0.25, -0.2) is 8.78 Å². The number of anilines is 1. The van der Waals surface area contributed by atoms with Crippen molar-refractivity contribution < 1.29 is 27.8 Å². The number of amides is 2. The Labute approximate surface area is 160 Å². The lowest BCUT2D eigenvalue weighted by Gasteiger charge is -2.46. The van der Waals surface area contributed by atoms with E-state index in [1.807, 2.05) is 0 Å². The summed E-state index contributed by atoms with van der Waals surface area (Å²) in [4.78, 5) is 25.8. The van der Waals surface area contributed by atoms with E-state index in [-0.39, 0.29) is 17.0 Å². The largest absolute Gasteiger partial charge is 0.494 e. The van der Waals surface area contributed by atoms with Crippen molar-refractivity contribution in [3.8, 4) is 5.75 Å². The number of nitrogens with two attached hydrogens (primary N) is 1. The minimum atomic E-state index is -1.55. The second-order valence-corrected chi connectivity index (χ2v) is 6.53. The Kier molecular flexibility index (Phi) is 5.08. The molecule has 8 heteroatoms. The van der Waals surface area contributed by atoms with E-state index in [0.717, 1.165) is 4.90 Å². The standard InChI is InChI=1S/C20H20F2N2O4/c1-11-19(26)24(10-16(23)25)14-8-9-15(27-2)18(22)17(14)20(11,28-3)12-4-6-13(21)7-5-12/h4-9,11H,10H2,1-3H3,(H2,23,25)/t11?,20-/m0/s1. The fourth-order valence-electron chi connectivity index (χ4n) is 3.83. The van der Waals surface area contributed by atoms with Crippen molar-refractivity contribution in [1.82, 2.24) is 0 Å². The van der Waals surface area contributed by atoms with E-state index < -0.39 is 41.5 Å². The molecule has 0 saturated carbocycles. The van der Waals surface area contributed by atoms with Crippen molar-refractivity contribution in [2.45, 2.75) is 12.5 Å². The van der Waals surface area contributed by atoms with Gasteiger partial charge in [0.15, 0.2) is 11.6 Å². The molecule has 148 valence electrons. The van der Waals surface area contributed by atoms with Crippen molar-refractivity contribution >= 4 is 17.5 Å². The first-order valence-electron chi connectivity index (χ1n) is 8.55. The molecular weight excluding hydrogens is 370 g/mol. The van der Waals surface area contributed by atoms with Crippen molar-refractivity contribution in [3.63, 3.8) is 0 Å². The maximum Gasteiger partial charge on any atom is 0.237 e. The molecule has 28 heavy (non-hydrogen) atoms.